The molecule has 38 valence electrons. The summed E-state index contributed by atoms with van der Waals surface area (Å²) in [5.41, 5.74) is 4.71. The molecule has 0 aromatic heterocycles. The van der Waals surface area contributed by atoms with Crippen LogP contribution in [-0.2, 0) is 0 Å². The van der Waals surface area contributed by atoms with E-state index in [4.69, 9.17) is 5.73 Å². The molecule has 0 aliphatic heterocycles. The van der Waals surface area contributed by atoms with Crippen molar-refractivity contribution in [2.75, 3.05) is 0 Å². The summed E-state index contributed by atoms with van der Waals surface area (Å²) in [6.45, 7) is 5.00. The molecule has 0 rings (SSSR count). The summed E-state index contributed by atoms with van der Waals surface area (Å²) in [6, 6.07) is 0. The Morgan fingerprint density at radius 3 is 1.71 bits per heavy atom. The summed E-state index contributed by atoms with van der Waals surface area (Å²) in [5.74, 6) is 0. The van der Waals surface area contributed by atoms with Crippen molar-refractivity contribution in [1.82, 2.24) is 0 Å². The Labute approximate surface area is 98.3 Å². The summed E-state index contributed by atoms with van der Waals surface area (Å²) >= 11 is 7.65. The normalized spacial score (nSPS) is 4.43. The second-order valence-electron chi connectivity index (χ2n) is 0.338. The van der Waals surface area contributed by atoms with Crippen LogP contribution in [0.25, 0.3) is 0 Å². The quantitative estimate of drug-likeness (QED) is 0.186. The predicted molar refractivity (Wildman–Crippen MR) is 36.8 cm³/mol. The maximum atomic E-state index is 4.71. The van der Waals surface area contributed by atoms with Gasteiger partial charge in [0, 0.05) is 0 Å². The van der Waals surface area contributed by atoms with Crippen LogP contribution in [0.1, 0.15) is 6.92 Å². The van der Waals surface area contributed by atoms with Crippen molar-refractivity contribution in [3.63, 3.8) is 0 Å². The van der Waals surface area contributed by atoms with Crippen LogP contribution in [0.15, 0.2) is 0 Å². The number of nitrogens with two attached hydrogens (primary N) is 1. The average Bonchev–Trinajstić information content (AvgIpc) is 1.41. The SMILES string of the molecule is NC(=S)S.[CH2-]C.[K+]. The van der Waals surface area contributed by atoms with Gasteiger partial charge in [0.05, 0.1) is 0 Å². The van der Waals surface area contributed by atoms with Crippen molar-refractivity contribution < 1.29 is 51.4 Å². The van der Waals surface area contributed by atoms with Crippen molar-refractivity contribution in [2.24, 2.45) is 5.73 Å². The molecule has 2 N–H and O–H groups in total. The fraction of sp³-hybridized carbons (Fsp3) is 0.333. The Bertz CT molecular complexity index is 35.9. The summed E-state index contributed by atoms with van der Waals surface area (Å²) in [5, 5.41) is 0. The van der Waals surface area contributed by atoms with E-state index >= 15 is 0 Å². The standard InChI is InChI=1S/C2H5.CH3NS2.K/c1-2;2-1(3)4;/h1H2,2H3;(H3,2,3,4);/q-1;;+1. The summed E-state index contributed by atoms with van der Waals surface area (Å²) in [6.07, 6.45) is 0. The van der Waals surface area contributed by atoms with Crippen molar-refractivity contribution in [2.45, 2.75) is 6.92 Å². The molecule has 0 fully saturated rings. The van der Waals surface area contributed by atoms with Gasteiger partial charge in [0.2, 0.25) is 0 Å². The number of thiol groups is 1. The molecular formula is C3H8KNS2. The summed E-state index contributed by atoms with van der Waals surface area (Å²) in [4.78, 5) is 0. The van der Waals surface area contributed by atoms with E-state index in [0.717, 1.165) is 0 Å². The van der Waals surface area contributed by atoms with E-state index in [-0.39, 0.29) is 55.7 Å². The van der Waals surface area contributed by atoms with E-state index < -0.39 is 0 Å². The molecule has 0 radical (unpaired) electrons. The van der Waals surface area contributed by atoms with Crippen molar-refractivity contribution in [1.29, 1.82) is 0 Å². The Balaban J connectivity index is -0.0000000480. The maximum Gasteiger partial charge on any atom is 1.00 e. The van der Waals surface area contributed by atoms with E-state index in [9.17, 15) is 0 Å². The Kier molecular flexibility index (Phi) is 35.7. The predicted octanol–water partition coefficient (Wildman–Crippen LogP) is -2.00. The molecular weight excluding hydrogens is 153 g/mol. The van der Waals surface area contributed by atoms with Crippen LogP contribution >= 0.6 is 24.8 Å². The zero-order valence-electron chi connectivity index (χ0n) is 4.64. The van der Waals surface area contributed by atoms with Gasteiger partial charge in [-0.15, -0.1) is 12.6 Å². The molecule has 0 unspecified atom stereocenters. The molecule has 7 heavy (non-hydrogen) atoms. The average molecular weight is 161 g/mol. The first-order valence-electron chi connectivity index (χ1n) is 1.42. The first-order valence-corrected chi connectivity index (χ1v) is 2.28. The smallest absolute Gasteiger partial charge is 0.385 e. The molecule has 0 aliphatic rings. The van der Waals surface area contributed by atoms with Gasteiger partial charge < -0.3 is 12.7 Å². The monoisotopic (exact) mass is 161 g/mol. The Morgan fingerprint density at radius 2 is 1.71 bits per heavy atom. The molecule has 0 saturated carbocycles. The van der Waals surface area contributed by atoms with Crippen LogP contribution in [0, 0.1) is 6.92 Å². The van der Waals surface area contributed by atoms with Gasteiger partial charge in [-0.2, -0.15) is 6.92 Å². The zero-order valence-corrected chi connectivity index (χ0v) is 9.47. The van der Waals surface area contributed by atoms with Crippen LogP contribution < -0.4 is 57.1 Å². The van der Waals surface area contributed by atoms with E-state index in [1.165, 1.54) is 0 Å². The zero-order chi connectivity index (χ0) is 5.58. The third-order valence-electron chi connectivity index (χ3n) is 0. The van der Waals surface area contributed by atoms with Gasteiger partial charge in [-0.1, -0.05) is 12.2 Å². The molecule has 0 atom stereocenters. The van der Waals surface area contributed by atoms with Gasteiger partial charge in [0.25, 0.3) is 0 Å². The van der Waals surface area contributed by atoms with Gasteiger partial charge in [-0.3, -0.25) is 0 Å². The van der Waals surface area contributed by atoms with Crippen LogP contribution in [0.2, 0.25) is 0 Å². The molecule has 0 amide bonds. The van der Waals surface area contributed by atoms with E-state index in [1.54, 1.807) is 6.92 Å². The summed E-state index contributed by atoms with van der Waals surface area (Å²) < 4.78 is 0.194. The molecule has 1 nitrogen and oxygen atoms in total. The van der Waals surface area contributed by atoms with Crippen LogP contribution in [-0.4, -0.2) is 4.32 Å². The van der Waals surface area contributed by atoms with Gasteiger partial charge in [-0.25, -0.2) is 0 Å². The molecule has 0 aromatic rings. The van der Waals surface area contributed by atoms with Gasteiger partial charge in [-0.05, 0) is 0 Å². The maximum absolute atomic E-state index is 4.71. The fourth-order valence-corrected chi connectivity index (χ4v) is 0. The molecule has 0 spiro atoms. The van der Waals surface area contributed by atoms with Gasteiger partial charge in [0.15, 0.2) is 0 Å². The molecule has 0 heterocycles. The largest absolute Gasteiger partial charge is 1.00 e. The number of thiocarbonyl (C=S) groups is 1. The van der Waals surface area contributed by atoms with E-state index in [0.29, 0.717) is 0 Å². The molecule has 0 saturated heterocycles. The van der Waals surface area contributed by atoms with E-state index in [1.807, 2.05) is 0 Å². The first kappa shape index (κ1) is 15.9. The van der Waals surface area contributed by atoms with Crippen molar-refractivity contribution in [3.05, 3.63) is 6.92 Å². The van der Waals surface area contributed by atoms with Crippen molar-refractivity contribution >= 4 is 29.2 Å². The number of hydrogen-bond acceptors (Lipinski definition) is 1. The molecule has 0 aromatic carbocycles. The van der Waals surface area contributed by atoms with Gasteiger partial charge >= 0.3 is 51.4 Å². The van der Waals surface area contributed by atoms with E-state index in [2.05, 4.69) is 31.8 Å². The Hall–Kier alpha value is 1.88. The Morgan fingerprint density at radius 1 is 1.71 bits per heavy atom. The number of rotatable bonds is 0. The van der Waals surface area contributed by atoms with Crippen LogP contribution in [0.4, 0.5) is 0 Å². The molecule has 0 aliphatic carbocycles. The second kappa shape index (κ2) is 15.7. The molecule has 4 heteroatoms. The minimum absolute atomic E-state index is 0. The summed E-state index contributed by atoms with van der Waals surface area (Å²) in [7, 11) is 0. The first-order chi connectivity index (χ1) is 2.73. The molecule has 0 bridgehead atoms. The minimum Gasteiger partial charge on any atom is -0.385 e. The fourth-order valence-electron chi connectivity index (χ4n) is 0. The topological polar surface area (TPSA) is 26.0 Å². The van der Waals surface area contributed by atoms with Crippen LogP contribution in [0.3, 0.4) is 0 Å². The third kappa shape index (κ3) is 77.3. The third-order valence-corrected chi connectivity index (χ3v) is 0. The minimum atomic E-state index is 0. The van der Waals surface area contributed by atoms with Crippen molar-refractivity contribution in [3.8, 4) is 0 Å². The van der Waals surface area contributed by atoms with Gasteiger partial charge in [0.1, 0.15) is 4.32 Å². The second-order valence-corrected chi connectivity index (χ2v) is 1.56. The number of hydrogen-bond donors (Lipinski definition) is 2. The van der Waals surface area contributed by atoms with Crippen LogP contribution in [0.5, 0.6) is 0 Å².